The van der Waals surface area contributed by atoms with Gasteiger partial charge in [0.15, 0.2) is 0 Å². The van der Waals surface area contributed by atoms with Crippen molar-refractivity contribution in [3.05, 3.63) is 53.6 Å². The van der Waals surface area contributed by atoms with Gasteiger partial charge in [0.2, 0.25) is 0 Å². The highest BCUT2D eigenvalue weighted by Gasteiger charge is 2.37. The average Bonchev–Trinajstić information content (AvgIpc) is 2.90. The Balaban J connectivity index is 2.18. The molecule has 1 heterocycles. The molecule has 6 nitrogen and oxygen atoms in total. The van der Waals surface area contributed by atoms with Crippen LogP contribution in [0.25, 0.3) is 0 Å². The zero-order chi connectivity index (χ0) is 17.5. The lowest BCUT2D eigenvalue weighted by atomic mass is 10.1. The van der Waals surface area contributed by atoms with E-state index in [1.165, 1.54) is 23.5 Å². The first-order valence-corrected chi connectivity index (χ1v) is 8.84. The van der Waals surface area contributed by atoms with E-state index in [9.17, 15) is 13.2 Å². The van der Waals surface area contributed by atoms with Crippen LogP contribution >= 0.6 is 0 Å². The Bertz CT molecular complexity index is 907. The van der Waals surface area contributed by atoms with Crippen LogP contribution in [-0.4, -0.2) is 32.6 Å². The van der Waals surface area contributed by atoms with Gasteiger partial charge in [0.1, 0.15) is 10.6 Å². The summed E-state index contributed by atoms with van der Waals surface area (Å²) in [5.41, 5.74) is 1.46. The quantitative estimate of drug-likeness (QED) is 0.919. The summed E-state index contributed by atoms with van der Waals surface area (Å²) in [6.07, 6.45) is 0.607. The van der Waals surface area contributed by atoms with Crippen molar-refractivity contribution in [2.45, 2.75) is 24.3 Å². The molecular formula is C17H17NO5S. The molecule has 0 radical (unpaired) electrons. The molecule has 0 fully saturated rings. The number of hydrogen-bond donors (Lipinski definition) is 1. The second kappa shape index (κ2) is 5.83. The first kappa shape index (κ1) is 16.3. The maximum atomic E-state index is 13.2. The Morgan fingerprint density at radius 1 is 1.25 bits per heavy atom. The largest absolute Gasteiger partial charge is 0.495 e. The third-order valence-corrected chi connectivity index (χ3v) is 6.04. The Labute approximate surface area is 140 Å². The van der Waals surface area contributed by atoms with Crippen molar-refractivity contribution in [3.63, 3.8) is 0 Å². The predicted molar refractivity (Wildman–Crippen MR) is 89.2 cm³/mol. The van der Waals surface area contributed by atoms with Gasteiger partial charge in [-0.1, -0.05) is 18.2 Å². The van der Waals surface area contributed by atoms with Gasteiger partial charge in [0.25, 0.3) is 10.0 Å². The van der Waals surface area contributed by atoms with Gasteiger partial charge >= 0.3 is 5.97 Å². The maximum Gasteiger partial charge on any atom is 0.335 e. The van der Waals surface area contributed by atoms with Gasteiger partial charge in [0, 0.05) is 6.04 Å². The summed E-state index contributed by atoms with van der Waals surface area (Å²) in [5, 5.41) is 9.16. The highest BCUT2D eigenvalue weighted by Crippen LogP contribution is 2.38. The number of benzene rings is 2. The molecule has 0 aliphatic carbocycles. The Morgan fingerprint density at radius 2 is 1.96 bits per heavy atom. The number of aromatic carboxylic acids is 1. The number of anilines is 1. The van der Waals surface area contributed by atoms with Crippen LogP contribution in [0.2, 0.25) is 0 Å². The minimum atomic E-state index is -3.96. The normalized spacial score (nSPS) is 16.8. The van der Waals surface area contributed by atoms with Crippen molar-refractivity contribution in [2.75, 3.05) is 11.4 Å². The van der Waals surface area contributed by atoms with E-state index >= 15 is 0 Å². The summed E-state index contributed by atoms with van der Waals surface area (Å²) >= 11 is 0. The van der Waals surface area contributed by atoms with Crippen molar-refractivity contribution in [3.8, 4) is 5.75 Å². The fraction of sp³-hybridized carbons (Fsp3) is 0.235. The molecule has 0 bridgehead atoms. The van der Waals surface area contributed by atoms with E-state index in [4.69, 9.17) is 9.84 Å². The second-order valence-corrected chi connectivity index (χ2v) is 7.44. The van der Waals surface area contributed by atoms with E-state index in [1.54, 1.807) is 12.1 Å². The molecule has 0 aromatic heterocycles. The van der Waals surface area contributed by atoms with Crippen molar-refractivity contribution in [1.82, 2.24) is 0 Å². The van der Waals surface area contributed by atoms with Gasteiger partial charge < -0.3 is 9.84 Å². The van der Waals surface area contributed by atoms with Crippen LogP contribution in [0.15, 0.2) is 47.4 Å². The number of nitrogens with zero attached hydrogens (tertiary/aromatic N) is 1. The highest BCUT2D eigenvalue weighted by atomic mass is 32.2. The van der Waals surface area contributed by atoms with Crippen LogP contribution in [0.4, 0.5) is 5.69 Å². The van der Waals surface area contributed by atoms with E-state index in [1.807, 2.05) is 19.1 Å². The molecule has 0 saturated heterocycles. The third kappa shape index (κ3) is 2.50. The topological polar surface area (TPSA) is 83.9 Å². The molecule has 1 atom stereocenters. The third-order valence-electron chi connectivity index (χ3n) is 4.09. The fourth-order valence-electron chi connectivity index (χ4n) is 3.02. The number of carbonyl (C=O) groups is 1. The molecule has 2 aromatic carbocycles. The zero-order valence-electron chi connectivity index (χ0n) is 13.3. The number of sulfonamides is 1. The average molecular weight is 347 g/mol. The van der Waals surface area contributed by atoms with Gasteiger partial charge in [0.05, 0.1) is 18.4 Å². The monoisotopic (exact) mass is 347 g/mol. The number of methoxy groups -OCH3 is 1. The molecule has 7 heteroatoms. The summed E-state index contributed by atoms with van der Waals surface area (Å²) < 4.78 is 32.9. The molecule has 1 N–H and O–H groups in total. The molecule has 1 aliphatic rings. The number of ether oxygens (including phenoxy) is 1. The molecule has 2 aromatic rings. The first-order chi connectivity index (χ1) is 11.4. The molecule has 0 spiro atoms. The van der Waals surface area contributed by atoms with Crippen LogP contribution in [0, 0.1) is 0 Å². The van der Waals surface area contributed by atoms with Crippen LogP contribution in [0.1, 0.15) is 22.8 Å². The zero-order valence-corrected chi connectivity index (χ0v) is 14.1. The molecule has 3 rings (SSSR count). The standard InChI is InChI=1S/C17H17NO5S/c1-11-9-12-5-3-4-6-14(12)18(11)24(21,22)16-10-13(17(19)20)7-8-15(16)23-2/h3-8,10-11H,9H2,1-2H3,(H,19,20). The Kier molecular flexibility index (Phi) is 3.96. The smallest absolute Gasteiger partial charge is 0.335 e. The lowest BCUT2D eigenvalue weighted by Crippen LogP contribution is -2.36. The predicted octanol–water partition coefficient (Wildman–Crippen LogP) is 2.53. The summed E-state index contributed by atoms with van der Waals surface area (Å²) in [7, 11) is -2.60. The van der Waals surface area contributed by atoms with Crippen LogP contribution in [0.3, 0.4) is 0 Å². The van der Waals surface area contributed by atoms with Gasteiger partial charge in [-0.15, -0.1) is 0 Å². The van der Waals surface area contributed by atoms with E-state index in [-0.39, 0.29) is 22.3 Å². The van der Waals surface area contributed by atoms with E-state index < -0.39 is 16.0 Å². The number of hydrogen-bond acceptors (Lipinski definition) is 4. The number of fused-ring (bicyclic) bond motifs is 1. The minimum absolute atomic E-state index is 0.102. The number of carboxylic acids is 1. The number of rotatable bonds is 4. The van der Waals surface area contributed by atoms with E-state index in [0.29, 0.717) is 12.1 Å². The van der Waals surface area contributed by atoms with E-state index in [2.05, 4.69) is 0 Å². The lowest BCUT2D eigenvalue weighted by molar-refractivity contribution is 0.0696. The molecule has 1 aliphatic heterocycles. The van der Waals surface area contributed by atoms with Crippen molar-refractivity contribution in [1.29, 1.82) is 0 Å². The van der Waals surface area contributed by atoms with Gasteiger partial charge in [-0.2, -0.15) is 0 Å². The van der Waals surface area contributed by atoms with Crippen LogP contribution in [-0.2, 0) is 16.4 Å². The summed E-state index contributed by atoms with van der Waals surface area (Å²) in [6, 6.07) is 10.9. The highest BCUT2D eigenvalue weighted by molar-refractivity contribution is 7.93. The summed E-state index contributed by atoms with van der Waals surface area (Å²) in [6.45, 7) is 1.82. The summed E-state index contributed by atoms with van der Waals surface area (Å²) in [4.78, 5) is 11.1. The van der Waals surface area contributed by atoms with Crippen LogP contribution in [0.5, 0.6) is 5.75 Å². The Hall–Kier alpha value is -2.54. The van der Waals surface area contributed by atoms with Gasteiger partial charge in [-0.3, -0.25) is 4.31 Å². The number of carboxylic acid groups (broad SMARTS) is 1. The van der Waals surface area contributed by atoms with E-state index in [0.717, 1.165) is 11.6 Å². The molecule has 24 heavy (non-hydrogen) atoms. The van der Waals surface area contributed by atoms with Crippen molar-refractivity contribution < 1.29 is 23.1 Å². The van der Waals surface area contributed by atoms with Gasteiger partial charge in [-0.25, -0.2) is 13.2 Å². The molecule has 0 amide bonds. The Morgan fingerprint density at radius 3 is 2.62 bits per heavy atom. The fourth-order valence-corrected chi connectivity index (χ4v) is 4.90. The summed E-state index contributed by atoms with van der Waals surface area (Å²) in [5.74, 6) is -1.07. The molecule has 126 valence electrons. The lowest BCUT2D eigenvalue weighted by Gasteiger charge is -2.25. The maximum absolute atomic E-state index is 13.2. The second-order valence-electron chi connectivity index (χ2n) is 5.65. The number of para-hydroxylation sites is 1. The molecular weight excluding hydrogens is 330 g/mol. The van der Waals surface area contributed by atoms with Crippen molar-refractivity contribution >= 4 is 21.7 Å². The SMILES string of the molecule is COc1ccc(C(=O)O)cc1S(=O)(=O)N1c2ccccc2CC1C. The minimum Gasteiger partial charge on any atom is -0.495 e. The molecule has 0 saturated carbocycles. The molecule has 1 unspecified atom stereocenters. The van der Waals surface area contributed by atoms with Crippen LogP contribution < -0.4 is 9.04 Å². The first-order valence-electron chi connectivity index (χ1n) is 7.40. The van der Waals surface area contributed by atoms with Crippen molar-refractivity contribution in [2.24, 2.45) is 0 Å². The van der Waals surface area contributed by atoms with Gasteiger partial charge in [-0.05, 0) is 43.2 Å².